The first-order valence-corrected chi connectivity index (χ1v) is 15.2. The van der Waals surface area contributed by atoms with E-state index in [1.54, 1.807) is 14.2 Å². The van der Waals surface area contributed by atoms with Gasteiger partial charge >= 0.3 is 0 Å². The molecule has 1 saturated heterocycles. The Kier molecular flexibility index (Phi) is 10.7. The number of aliphatic hydroxyl groups is 1. The van der Waals surface area contributed by atoms with E-state index in [1.807, 2.05) is 60.7 Å². The molecule has 9 nitrogen and oxygen atoms in total. The number of benzene rings is 2. The lowest BCUT2D eigenvalue weighted by Crippen LogP contribution is -2.35. The second kappa shape index (κ2) is 14.8. The van der Waals surface area contributed by atoms with E-state index in [4.69, 9.17) is 47.8 Å². The van der Waals surface area contributed by atoms with Gasteiger partial charge in [-0.1, -0.05) is 71.7 Å². The lowest BCUT2D eigenvalue weighted by molar-refractivity contribution is -0.119. The third-order valence-corrected chi connectivity index (χ3v) is 8.31. The zero-order chi connectivity index (χ0) is 31.1. The van der Waals surface area contributed by atoms with Crippen molar-refractivity contribution in [3.63, 3.8) is 0 Å². The molecule has 1 fully saturated rings. The molecule has 0 unspecified atom stereocenters. The number of halogens is 2. The van der Waals surface area contributed by atoms with Crippen molar-refractivity contribution in [3.8, 4) is 45.4 Å². The number of aromatic nitrogens is 2. The number of rotatable bonds is 13. The maximum atomic E-state index is 11.5. The van der Waals surface area contributed by atoms with Gasteiger partial charge in [0.2, 0.25) is 17.7 Å². The van der Waals surface area contributed by atoms with Crippen LogP contribution in [0, 0.1) is 0 Å². The highest BCUT2D eigenvalue weighted by molar-refractivity contribution is 6.39. The van der Waals surface area contributed by atoms with Crippen molar-refractivity contribution < 1.29 is 19.4 Å². The molecular weight excluding hydrogens is 601 g/mol. The van der Waals surface area contributed by atoms with Crippen molar-refractivity contribution in [1.82, 2.24) is 25.9 Å². The van der Waals surface area contributed by atoms with Crippen LogP contribution in [-0.2, 0) is 17.9 Å². The molecule has 5 rings (SSSR count). The molecule has 44 heavy (non-hydrogen) atoms. The molecule has 1 amide bonds. The summed E-state index contributed by atoms with van der Waals surface area (Å²) in [6.45, 7) is 2.28. The van der Waals surface area contributed by atoms with Crippen LogP contribution in [0.4, 0.5) is 0 Å². The highest BCUT2D eigenvalue weighted by Crippen LogP contribution is 2.42. The molecule has 2 aromatic heterocycles. The minimum absolute atomic E-state index is 0.0513. The molecule has 1 atom stereocenters. The van der Waals surface area contributed by atoms with Gasteiger partial charge in [0.15, 0.2) is 0 Å². The Hall–Kier alpha value is -3.73. The Morgan fingerprint density at radius 2 is 1.34 bits per heavy atom. The number of carbonyl (C=O) groups is 1. The van der Waals surface area contributed by atoms with Crippen LogP contribution in [0.3, 0.4) is 0 Å². The van der Waals surface area contributed by atoms with Crippen molar-refractivity contribution in [1.29, 1.82) is 0 Å². The van der Waals surface area contributed by atoms with Gasteiger partial charge in [0.05, 0.1) is 42.3 Å². The van der Waals surface area contributed by atoms with Gasteiger partial charge in [0.1, 0.15) is 0 Å². The van der Waals surface area contributed by atoms with E-state index in [9.17, 15) is 4.79 Å². The summed E-state index contributed by atoms with van der Waals surface area (Å²) in [5.41, 5.74) is 6.13. The van der Waals surface area contributed by atoms with Gasteiger partial charge in [-0.3, -0.25) is 4.79 Å². The van der Waals surface area contributed by atoms with Crippen molar-refractivity contribution >= 4 is 29.1 Å². The van der Waals surface area contributed by atoms with Crippen molar-refractivity contribution in [2.45, 2.75) is 32.0 Å². The molecule has 230 valence electrons. The minimum atomic E-state index is 0.0513. The highest BCUT2D eigenvalue weighted by atomic mass is 35.5. The van der Waals surface area contributed by atoms with E-state index in [-0.39, 0.29) is 18.6 Å². The van der Waals surface area contributed by atoms with Gasteiger partial charge in [0.25, 0.3) is 0 Å². The molecule has 2 aromatic carbocycles. The number of ether oxygens (including phenoxy) is 2. The molecule has 4 aromatic rings. The predicted molar refractivity (Wildman–Crippen MR) is 173 cm³/mol. The van der Waals surface area contributed by atoms with E-state index in [1.165, 1.54) is 0 Å². The van der Waals surface area contributed by atoms with Crippen LogP contribution >= 0.6 is 23.2 Å². The van der Waals surface area contributed by atoms with E-state index in [2.05, 4.69) is 16.0 Å². The molecule has 3 heterocycles. The zero-order valence-corrected chi connectivity index (χ0v) is 26.1. The van der Waals surface area contributed by atoms with Crippen LogP contribution in [0.1, 0.15) is 24.0 Å². The molecule has 0 saturated carbocycles. The Balaban J connectivity index is 1.40. The van der Waals surface area contributed by atoms with Crippen LogP contribution in [0.2, 0.25) is 10.0 Å². The number of aliphatic hydroxyl groups excluding tert-OH is 1. The maximum Gasteiger partial charge on any atom is 0.220 e. The number of nitrogens with zero attached hydrogens (tertiary/aromatic N) is 2. The van der Waals surface area contributed by atoms with Crippen molar-refractivity contribution in [3.05, 3.63) is 81.8 Å². The molecule has 1 aliphatic rings. The molecule has 1 aliphatic heterocycles. The summed E-state index contributed by atoms with van der Waals surface area (Å²) in [6.07, 6.45) is 1.41. The van der Waals surface area contributed by atoms with E-state index in [0.717, 1.165) is 39.8 Å². The Morgan fingerprint density at radius 3 is 1.82 bits per heavy atom. The first-order chi connectivity index (χ1) is 21.4. The summed E-state index contributed by atoms with van der Waals surface area (Å²) in [5.74, 6) is 1.09. The summed E-state index contributed by atoms with van der Waals surface area (Å²) in [4.78, 5) is 20.9. The Labute approximate surface area is 266 Å². The third-order valence-electron chi connectivity index (χ3n) is 7.50. The molecule has 0 aliphatic carbocycles. The average Bonchev–Trinajstić information content (AvgIpc) is 3.46. The fraction of sp³-hybridized carbons (Fsp3) is 0.303. The van der Waals surface area contributed by atoms with Gasteiger partial charge in [-0.2, -0.15) is 0 Å². The van der Waals surface area contributed by atoms with Crippen LogP contribution < -0.4 is 25.4 Å². The van der Waals surface area contributed by atoms with Crippen LogP contribution in [0.15, 0.2) is 60.7 Å². The fourth-order valence-corrected chi connectivity index (χ4v) is 5.90. The van der Waals surface area contributed by atoms with Crippen LogP contribution in [0.5, 0.6) is 11.8 Å². The van der Waals surface area contributed by atoms with Crippen LogP contribution in [0.25, 0.3) is 33.6 Å². The summed E-state index contributed by atoms with van der Waals surface area (Å²) < 4.78 is 11.2. The topological polar surface area (TPSA) is 118 Å². The molecule has 11 heteroatoms. The number of hydrogen-bond acceptors (Lipinski definition) is 8. The van der Waals surface area contributed by atoms with Crippen LogP contribution in [-0.4, -0.2) is 60.9 Å². The van der Waals surface area contributed by atoms with Gasteiger partial charge in [0, 0.05) is 72.0 Å². The summed E-state index contributed by atoms with van der Waals surface area (Å²) >= 11 is 14.0. The standard InChI is InChI=1S/C33H35Cl2N5O4/c1-43-32-20(17-36-15-16-41)9-12-27(39-32)25-7-3-5-23(30(25)34)24-6-4-8-26(31(24)35)28-13-10-21(33(40-28)44-2)18-37-19-22-11-14-29(42)38-22/h3-10,12-13,22,36-37,41H,11,14-19H2,1-2H3,(H,38,42)/t22-/m0/s1. The monoisotopic (exact) mass is 635 g/mol. The number of pyridine rings is 2. The number of methoxy groups -OCH3 is 2. The van der Waals surface area contributed by atoms with Gasteiger partial charge < -0.3 is 30.5 Å². The smallest absolute Gasteiger partial charge is 0.220 e. The molecule has 0 bridgehead atoms. The second-order valence-electron chi connectivity index (χ2n) is 10.4. The molecule has 0 radical (unpaired) electrons. The van der Waals surface area contributed by atoms with E-state index >= 15 is 0 Å². The number of amides is 1. The number of hydrogen-bond donors (Lipinski definition) is 4. The van der Waals surface area contributed by atoms with Gasteiger partial charge in [-0.15, -0.1) is 0 Å². The first-order valence-electron chi connectivity index (χ1n) is 14.4. The lowest BCUT2D eigenvalue weighted by atomic mass is 9.98. The third kappa shape index (κ3) is 7.14. The predicted octanol–water partition coefficient (Wildman–Crippen LogP) is 5.25. The quantitative estimate of drug-likeness (QED) is 0.147. The Bertz CT molecular complexity index is 1630. The fourth-order valence-electron chi connectivity index (χ4n) is 5.25. The maximum absolute atomic E-state index is 11.5. The second-order valence-corrected chi connectivity index (χ2v) is 11.2. The highest BCUT2D eigenvalue weighted by Gasteiger charge is 2.21. The molecule has 4 N–H and O–H groups in total. The average molecular weight is 637 g/mol. The summed E-state index contributed by atoms with van der Waals surface area (Å²) in [5, 5.41) is 19.6. The normalized spacial score (nSPS) is 14.5. The Morgan fingerprint density at radius 1 is 0.818 bits per heavy atom. The largest absolute Gasteiger partial charge is 0.481 e. The first kappa shape index (κ1) is 31.7. The van der Waals surface area contributed by atoms with E-state index in [0.29, 0.717) is 65.8 Å². The molecule has 0 spiro atoms. The zero-order valence-electron chi connectivity index (χ0n) is 24.6. The van der Waals surface area contributed by atoms with Gasteiger partial charge in [-0.25, -0.2) is 9.97 Å². The van der Waals surface area contributed by atoms with E-state index < -0.39 is 0 Å². The molecular formula is C33H35Cl2N5O4. The number of nitrogens with one attached hydrogen (secondary N) is 3. The van der Waals surface area contributed by atoms with Gasteiger partial charge in [-0.05, 0) is 18.6 Å². The van der Waals surface area contributed by atoms with Crippen molar-refractivity contribution in [2.24, 2.45) is 0 Å². The van der Waals surface area contributed by atoms with Crippen molar-refractivity contribution in [2.75, 3.05) is 33.9 Å². The summed E-state index contributed by atoms with van der Waals surface area (Å²) in [7, 11) is 3.17. The SMILES string of the molecule is COc1nc(-c2cccc(-c3cccc(-c4ccc(CNC[C@@H]5CCC(=O)N5)c(OC)n4)c3Cl)c2Cl)ccc1CNCCO. The number of carbonyl (C=O) groups excluding carboxylic acids is 1. The summed E-state index contributed by atoms with van der Waals surface area (Å²) in [6, 6.07) is 19.4. The minimum Gasteiger partial charge on any atom is -0.481 e. The lowest BCUT2D eigenvalue weighted by Gasteiger charge is -2.16.